The van der Waals surface area contributed by atoms with Crippen LogP contribution < -0.4 is 14.8 Å². The molecule has 2 aromatic rings. The van der Waals surface area contributed by atoms with E-state index >= 15 is 0 Å². The van der Waals surface area contributed by atoms with Gasteiger partial charge in [-0.05, 0) is 31.0 Å². The molecule has 1 unspecified atom stereocenters. The van der Waals surface area contributed by atoms with Gasteiger partial charge in [-0.25, -0.2) is 4.79 Å². The molecule has 2 rings (SSSR count). The fourth-order valence-electron chi connectivity index (χ4n) is 2.86. The summed E-state index contributed by atoms with van der Waals surface area (Å²) in [4.78, 5) is 14.6. The van der Waals surface area contributed by atoms with Crippen LogP contribution >= 0.6 is 0 Å². The smallest absolute Gasteiger partial charge is 0.318 e. The van der Waals surface area contributed by atoms with E-state index in [4.69, 9.17) is 9.47 Å². The molecule has 2 amide bonds. The lowest BCUT2D eigenvalue weighted by Gasteiger charge is -2.26. The Labute approximate surface area is 155 Å². The second kappa shape index (κ2) is 9.70. The second-order valence-corrected chi connectivity index (χ2v) is 6.19. The standard InChI is InChI=1S/C21H28N2O3/c1-5-13-23(15-17-9-7-6-8-10-17)21(24)22-16(2)19-12-11-18(25-3)14-20(19)26-4/h6-12,14,16H,5,13,15H2,1-4H3,(H,22,24). The van der Waals surface area contributed by atoms with Crippen LogP contribution in [0.25, 0.3) is 0 Å². The molecule has 140 valence electrons. The zero-order valence-electron chi connectivity index (χ0n) is 16.0. The minimum atomic E-state index is -0.182. The number of amides is 2. The highest BCUT2D eigenvalue weighted by atomic mass is 16.5. The van der Waals surface area contributed by atoms with E-state index in [0.29, 0.717) is 18.8 Å². The Balaban J connectivity index is 2.10. The van der Waals surface area contributed by atoms with Crippen LogP contribution in [-0.4, -0.2) is 31.7 Å². The van der Waals surface area contributed by atoms with Crippen molar-refractivity contribution >= 4 is 6.03 Å². The van der Waals surface area contributed by atoms with Gasteiger partial charge in [-0.1, -0.05) is 37.3 Å². The highest BCUT2D eigenvalue weighted by Crippen LogP contribution is 2.29. The molecule has 0 aromatic heterocycles. The first-order valence-electron chi connectivity index (χ1n) is 8.90. The quantitative estimate of drug-likeness (QED) is 0.763. The summed E-state index contributed by atoms with van der Waals surface area (Å²) in [6, 6.07) is 15.4. The van der Waals surface area contributed by atoms with Crippen LogP contribution in [0.4, 0.5) is 4.79 Å². The van der Waals surface area contributed by atoms with Crippen LogP contribution in [0, 0.1) is 0 Å². The van der Waals surface area contributed by atoms with Crippen LogP contribution in [0.1, 0.15) is 37.4 Å². The Morgan fingerprint density at radius 1 is 1.12 bits per heavy atom. The highest BCUT2D eigenvalue weighted by molar-refractivity contribution is 5.75. The lowest BCUT2D eigenvalue weighted by molar-refractivity contribution is 0.191. The summed E-state index contributed by atoms with van der Waals surface area (Å²) in [5.41, 5.74) is 2.03. The zero-order valence-corrected chi connectivity index (χ0v) is 16.0. The van der Waals surface area contributed by atoms with Crippen LogP contribution in [0.5, 0.6) is 11.5 Å². The number of hydrogen-bond acceptors (Lipinski definition) is 3. The van der Waals surface area contributed by atoms with Crippen LogP contribution in [-0.2, 0) is 6.54 Å². The van der Waals surface area contributed by atoms with Crippen molar-refractivity contribution in [3.8, 4) is 11.5 Å². The average molecular weight is 356 g/mol. The maximum Gasteiger partial charge on any atom is 0.318 e. The normalized spacial score (nSPS) is 11.5. The number of methoxy groups -OCH3 is 2. The Bertz CT molecular complexity index is 704. The molecular weight excluding hydrogens is 328 g/mol. The Morgan fingerprint density at radius 2 is 1.85 bits per heavy atom. The van der Waals surface area contributed by atoms with Crippen molar-refractivity contribution in [2.75, 3.05) is 20.8 Å². The van der Waals surface area contributed by atoms with Gasteiger partial charge in [-0.2, -0.15) is 0 Å². The molecule has 0 spiro atoms. The van der Waals surface area contributed by atoms with E-state index in [2.05, 4.69) is 12.2 Å². The van der Waals surface area contributed by atoms with Crippen molar-refractivity contribution in [3.05, 3.63) is 59.7 Å². The van der Waals surface area contributed by atoms with E-state index in [9.17, 15) is 4.79 Å². The molecule has 0 saturated carbocycles. The number of benzene rings is 2. The first-order valence-corrected chi connectivity index (χ1v) is 8.90. The topological polar surface area (TPSA) is 50.8 Å². The highest BCUT2D eigenvalue weighted by Gasteiger charge is 2.19. The molecule has 0 saturated heterocycles. The number of nitrogens with one attached hydrogen (secondary N) is 1. The number of rotatable bonds is 8. The van der Waals surface area contributed by atoms with Gasteiger partial charge < -0.3 is 19.7 Å². The molecule has 5 heteroatoms. The monoisotopic (exact) mass is 356 g/mol. The largest absolute Gasteiger partial charge is 0.497 e. The van der Waals surface area contributed by atoms with Crippen molar-refractivity contribution in [3.63, 3.8) is 0 Å². The minimum Gasteiger partial charge on any atom is -0.497 e. The van der Waals surface area contributed by atoms with Gasteiger partial charge in [0.1, 0.15) is 11.5 Å². The van der Waals surface area contributed by atoms with Gasteiger partial charge in [0.2, 0.25) is 0 Å². The molecule has 1 N–H and O–H groups in total. The summed E-state index contributed by atoms with van der Waals surface area (Å²) in [7, 11) is 3.23. The third-order valence-corrected chi connectivity index (χ3v) is 4.24. The van der Waals surface area contributed by atoms with Crippen molar-refractivity contribution in [2.45, 2.75) is 32.9 Å². The molecule has 2 aromatic carbocycles. The van der Waals surface area contributed by atoms with Crippen molar-refractivity contribution in [2.24, 2.45) is 0 Å². The number of carbonyl (C=O) groups excluding carboxylic acids is 1. The number of carbonyl (C=O) groups is 1. The van der Waals surface area contributed by atoms with Gasteiger partial charge in [0.25, 0.3) is 0 Å². The molecular formula is C21H28N2O3. The summed E-state index contributed by atoms with van der Waals surface area (Å²) >= 11 is 0. The predicted molar refractivity (Wildman–Crippen MR) is 104 cm³/mol. The summed E-state index contributed by atoms with van der Waals surface area (Å²) in [5.74, 6) is 1.42. The molecule has 5 nitrogen and oxygen atoms in total. The third kappa shape index (κ3) is 5.15. The van der Waals surface area contributed by atoms with Gasteiger partial charge in [0.15, 0.2) is 0 Å². The number of urea groups is 1. The van der Waals surface area contributed by atoms with Gasteiger partial charge >= 0.3 is 6.03 Å². The molecule has 0 fully saturated rings. The number of nitrogens with zero attached hydrogens (tertiary/aromatic N) is 1. The van der Waals surface area contributed by atoms with E-state index in [1.165, 1.54) is 0 Å². The van der Waals surface area contributed by atoms with Crippen LogP contribution in [0.3, 0.4) is 0 Å². The molecule has 26 heavy (non-hydrogen) atoms. The number of ether oxygens (including phenoxy) is 2. The fraction of sp³-hybridized carbons (Fsp3) is 0.381. The first kappa shape index (κ1) is 19.6. The van der Waals surface area contributed by atoms with Crippen molar-refractivity contribution in [1.29, 1.82) is 0 Å². The summed E-state index contributed by atoms with van der Waals surface area (Å²) in [6.07, 6.45) is 0.903. The molecule has 0 aliphatic heterocycles. The van der Waals surface area contributed by atoms with Crippen LogP contribution in [0.2, 0.25) is 0 Å². The summed E-state index contributed by atoms with van der Waals surface area (Å²) in [5, 5.41) is 3.08. The maximum absolute atomic E-state index is 12.8. The van der Waals surface area contributed by atoms with Crippen molar-refractivity contribution in [1.82, 2.24) is 10.2 Å². The molecule has 0 bridgehead atoms. The lowest BCUT2D eigenvalue weighted by atomic mass is 10.1. The molecule has 0 aliphatic rings. The zero-order chi connectivity index (χ0) is 18.9. The van der Waals surface area contributed by atoms with Crippen LogP contribution in [0.15, 0.2) is 48.5 Å². The predicted octanol–water partition coefficient (Wildman–Crippen LogP) is 4.39. The van der Waals surface area contributed by atoms with Gasteiger partial charge in [0.05, 0.1) is 20.3 Å². The Morgan fingerprint density at radius 3 is 2.46 bits per heavy atom. The third-order valence-electron chi connectivity index (χ3n) is 4.24. The fourth-order valence-corrected chi connectivity index (χ4v) is 2.86. The van der Waals surface area contributed by atoms with E-state index in [-0.39, 0.29) is 12.1 Å². The number of hydrogen-bond donors (Lipinski definition) is 1. The minimum absolute atomic E-state index is 0.0823. The van der Waals surface area contributed by atoms with E-state index in [1.807, 2.05) is 60.4 Å². The molecule has 0 radical (unpaired) electrons. The van der Waals surface area contributed by atoms with Crippen molar-refractivity contribution < 1.29 is 14.3 Å². The Kier molecular flexibility index (Phi) is 7.33. The lowest BCUT2D eigenvalue weighted by Crippen LogP contribution is -2.41. The molecule has 0 aliphatic carbocycles. The van der Waals surface area contributed by atoms with E-state index in [0.717, 1.165) is 23.3 Å². The molecule has 0 heterocycles. The average Bonchev–Trinajstić information content (AvgIpc) is 2.67. The summed E-state index contributed by atoms with van der Waals surface area (Å²) in [6.45, 7) is 5.32. The van der Waals surface area contributed by atoms with E-state index in [1.54, 1.807) is 14.2 Å². The van der Waals surface area contributed by atoms with Gasteiger partial charge in [-0.3, -0.25) is 0 Å². The van der Waals surface area contributed by atoms with Gasteiger partial charge in [0, 0.05) is 24.7 Å². The first-order chi connectivity index (χ1) is 12.6. The summed E-state index contributed by atoms with van der Waals surface area (Å²) < 4.78 is 10.7. The Hall–Kier alpha value is -2.69. The van der Waals surface area contributed by atoms with E-state index < -0.39 is 0 Å². The second-order valence-electron chi connectivity index (χ2n) is 6.19. The SMILES string of the molecule is CCCN(Cc1ccccc1)C(=O)NC(C)c1ccc(OC)cc1OC. The van der Waals surface area contributed by atoms with Gasteiger partial charge in [-0.15, -0.1) is 0 Å². The maximum atomic E-state index is 12.8. The molecule has 1 atom stereocenters.